The number of rotatable bonds is 9. The van der Waals surface area contributed by atoms with Crippen LogP contribution in [-0.4, -0.2) is 72.0 Å². The second kappa shape index (κ2) is 11.6. The molecule has 34 heavy (non-hydrogen) atoms. The summed E-state index contributed by atoms with van der Waals surface area (Å²) in [5.74, 6) is 1.24. The number of anilines is 4. The Labute approximate surface area is 209 Å². The van der Waals surface area contributed by atoms with Crippen molar-refractivity contribution < 1.29 is 4.79 Å². The van der Waals surface area contributed by atoms with Crippen LogP contribution in [0.2, 0.25) is 5.02 Å². The first-order chi connectivity index (χ1) is 16.5. The summed E-state index contributed by atoms with van der Waals surface area (Å²) >= 11 is 7.48. The second-order valence-electron chi connectivity index (χ2n) is 8.37. The number of nitrogens with zero attached hydrogens (tertiary/aromatic N) is 4. The van der Waals surface area contributed by atoms with Crippen molar-refractivity contribution in [3.8, 4) is 0 Å². The molecule has 180 valence electrons. The molecular formula is C24H30ClN7OS. The molecule has 2 aromatic heterocycles. The SMILES string of the molecule is Cc1cccc(Cl)c1NC(=O)c1cnc(Nc2cccc(NCCCN3CCN(C)CC3)n2)s1. The molecule has 0 saturated carbocycles. The number of carbonyl (C=O) groups excluding carboxylic acids is 1. The number of pyridine rings is 1. The van der Waals surface area contributed by atoms with Gasteiger partial charge in [-0.1, -0.05) is 41.1 Å². The van der Waals surface area contributed by atoms with Crippen molar-refractivity contribution in [3.05, 3.63) is 58.1 Å². The standard InChI is InChI=1S/C24H30ClN7OS/c1-17-6-3-7-18(25)22(17)30-23(33)19-16-27-24(34-19)29-21-9-4-8-20(28-21)26-10-5-11-32-14-12-31(2)13-15-32/h3-4,6-9,16H,5,10-15H2,1-2H3,(H,30,33)(H2,26,27,28,29). The van der Waals surface area contributed by atoms with Gasteiger partial charge in [0.15, 0.2) is 5.13 Å². The van der Waals surface area contributed by atoms with Crippen molar-refractivity contribution in [2.45, 2.75) is 13.3 Å². The summed E-state index contributed by atoms with van der Waals surface area (Å²) in [6.07, 6.45) is 2.62. The van der Waals surface area contributed by atoms with Crippen molar-refractivity contribution in [1.29, 1.82) is 0 Å². The minimum Gasteiger partial charge on any atom is -0.370 e. The Morgan fingerprint density at radius 1 is 1.12 bits per heavy atom. The van der Waals surface area contributed by atoms with E-state index in [9.17, 15) is 4.79 Å². The first kappa shape index (κ1) is 24.4. The van der Waals surface area contributed by atoms with Gasteiger partial charge in [0.1, 0.15) is 16.5 Å². The lowest BCUT2D eigenvalue weighted by Gasteiger charge is -2.32. The van der Waals surface area contributed by atoms with Crippen molar-refractivity contribution in [2.75, 3.05) is 62.3 Å². The average Bonchev–Trinajstić information content (AvgIpc) is 3.29. The smallest absolute Gasteiger partial charge is 0.267 e. The lowest BCUT2D eigenvalue weighted by Crippen LogP contribution is -2.44. The predicted octanol–water partition coefficient (Wildman–Crippen LogP) is 4.55. The number of hydrogen-bond donors (Lipinski definition) is 3. The summed E-state index contributed by atoms with van der Waals surface area (Å²) < 4.78 is 0. The Hall–Kier alpha value is -2.72. The van der Waals surface area contributed by atoms with Crippen LogP contribution in [0.25, 0.3) is 0 Å². The quantitative estimate of drug-likeness (QED) is 0.372. The number of para-hydroxylation sites is 1. The molecule has 0 unspecified atom stereocenters. The molecule has 1 amide bonds. The topological polar surface area (TPSA) is 85.4 Å². The highest BCUT2D eigenvalue weighted by Crippen LogP contribution is 2.28. The number of aromatic nitrogens is 2. The van der Waals surface area contributed by atoms with Gasteiger partial charge in [-0.2, -0.15) is 0 Å². The first-order valence-corrected chi connectivity index (χ1v) is 12.6. The maximum atomic E-state index is 12.7. The zero-order valence-electron chi connectivity index (χ0n) is 19.5. The summed E-state index contributed by atoms with van der Waals surface area (Å²) in [4.78, 5) is 27.0. The van der Waals surface area contributed by atoms with Crippen LogP contribution < -0.4 is 16.0 Å². The van der Waals surface area contributed by atoms with Gasteiger partial charge >= 0.3 is 0 Å². The maximum Gasteiger partial charge on any atom is 0.267 e. The first-order valence-electron chi connectivity index (χ1n) is 11.4. The van der Waals surface area contributed by atoms with Gasteiger partial charge in [-0.3, -0.25) is 4.79 Å². The molecular weight excluding hydrogens is 470 g/mol. The number of halogens is 1. The van der Waals surface area contributed by atoms with E-state index < -0.39 is 0 Å². The van der Waals surface area contributed by atoms with Gasteiger partial charge in [-0.25, -0.2) is 9.97 Å². The molecule has 0 atom stereocenters. The van der Waals surface area contributed by atoms with E-state index >= 15 is 0 Å². The molecule has 1 aliphatic heterocycles. The van der Waals surface area contributed by atoms with Gasteiger partial charge in [0.05, 0.1) is 16.9 Å². The molecule has 1 saturated heterocycles. The van der Waals surface area contributed by atoms with Crippen LogP contribution in [-0.2, 0) is 0 Å². The van der Waals surface area contributed by atoms with Crippen molar-refractivity contribution >= 4 is 51.3 Å². The van der Waals surface area contributed by atoms with Crippen LogP contribution in [0, 0.1) is 6.92 Å². The highest BCUT2D eigenvalue weighted by molar-refractivity contribution is 7.17. The summed E-state index contributed by atoms with van der Waals surface area (Å²) in [6.45, 7) is 8.42. The molecule has 0 bridgehead atoms. The predicted molar refractivity (Wildman–Crippen MR) is 141 cm³/mol. The third-order valence-electron chi connectivity index (χ3n) is 5.73. The number of benzene rings is 1. The van der Waals surface area contributed by atoms with Gasteiger partial charge in [0.25, 0.3) is 5.91 Å². The number of carbonyl (C=O) groups is 1. The lowest BCUT2D eigenvalue weighted by molar-refractivity contribution is 0.103. The molecule has 0 radical (unpaired) electrons. The third-order valence-corrected chi connectivity index (χ3v) is 6.95. The minimum absolute atomic E-state index is 0.245. The van der Waals surface area contributed by atoms with E-state index in [0.717, 1.165) is 57.1 Å². The van der Waals surface area contributed by atoms with Crippen LogP contribution in [0.1, 0.15) is 21.7 Å². The minimum atomic E-state index is -0.245. The van der Waals surface area contributed by atoms with Gasteiger partial charge in [0.2, 0.25) is 0 Å². The number of thiazole rings is 1. The number of likely N-dealkylation sites (N-methyl/N-ethyl adjacent to an activating group) is 1. The molecule has 3 aromatic rings. The number of amides is 1. The molecule has 1 aromatic carbocycles. The molecule has 3 N–H and O–H groups in total. The maximum absolute atomic E-state index is 12.7. The highest BCUT2D eigenvalue weighted by atomic mass is 35.5. The Bertz CT molecular complexity index is 1090. The van der Waals surface area contributed by atoms with Gasteiger partial charge in [-0.05, 0) is 50.7 Å². The van der Waals surface area contributed by atoms with E-state index in [1.807, 2.05) is 37.3 Å². The molecule has 4 rings (SSSR count). The number of aryl methyl sites for hydroxylation is 1. The summed E-state index contributed by atoms with van der Waals surface area (Å²) in [5, 5.41) is 10.6. The fourth-order valence-electron chi connectivity index (χ4n) is 3.71. The Kier molecular flexibility index (Phi) is 8.34. The molecule has 3 heterocycles. The summed E-state index contributed by atoms with van der Waals surface area (Å²) in [6, 6.07) is 11.3. The van der Waals surface area contributed by atoms with E-state index in [1.54, 1.807) is 12.3 Å². The van der Waals surface area contributed by atoms with Gasteiger partial charge in [-0.15, -0.1) is 0 Å². The monoisotopic (exact) mass is 499 g/mol. The lowest BCUT2D eigenvalue weighted by atomic mass is 10.2. The molecule has 1 fully saturated rings. The normalized spacial score (nSPS) is 14.7. The van der Waals surface area contributed by atoms with Gasteiger partial charge < -0.3 is 25.8 Å². The largest absolute Gasteiger partial charge is 0.370 e. The number of piperazine rings is 1. The Morgan fingerprint density at radius 3 is 2.68 bits per heavy atom. The fourth-order valence-corrected chi connectivity index (χ4v) is 4.69. The molecule has 1 aliphatic rings. The van der Waals surface area contributed by atoms with Crippen LogP contribution in [0.4, 0.5) is 22.5 Å². The number of nitrogens with one attached hydrogen (secondary N) is 3. The Morgan fingerprint density at radius 2 is 1.88 bits per heavy atom. The second-order valence-corrected chi connectivity index (χ2v) is 9.81. The van der Waals surface area contributed by atoms with Crippen LogP contribution >= 0.6 is 22.9 Å². The van der Waals surface area contributed by atoms with Gasteiger partial charge in [0, 0.05) is 32.7 Å². The average molecular weight is 500 g/mol. The Balaban J connectivity index is 1.27. The van der Waals surface area contributed by atoms with E-state index in [4.69, 9.17) is 11.6 Å². The van der Waals surface area contributed by atoms with E-state index in [1.165, 1.54) is 11.3 Å². The van der Waals surface area contributed by atoms with Crippen LogP contribution in [0.15, 0.2) is 42.6 Å². The summed E-state index contributed by atoms with van der Waals surface area (Å²) in [7, 11) is 2.18. The van der Waals surface area contributed by atoms with E-state index in [-0.39, 0.29) is 5.91 Å². The molecule has 0 aliphatic carbocycles. The van der Waals surface area contributed by atoms with Crippen molar-refractivity contribution in [3.63, 3.8) is 0 Å². The fraction of sp³-hybridized carbons (Fsp3) is 0.375. The van der Waals surface area contributed by atoms with Crippen molar-refractivity contribution in [1.82, 2.24) is 19.8 Å². The van der Waals surface area contributed by atoms with Crippen LogP contribution in [0.5, 0.6) is 0 Å². The molecule has 8 nitrogen and oxygen atoms in total. The summed E-state index contributed by atoms with van der Waals surface area (Å²) in [5.41, 5.74) is 1.52. The van der Waals surface area contributed by atoms with E-state index in [2.05, 4.69) is 42.8 Å². The molecule has 0 spiro atoms. The third kappa shape index (κ3) is 6.66. The zero-order valence-corrected chi connectivity index (χ0v) is 21.0. The highest BCUT2D eigenvalue weighted by Gasteiger charge is 2.15. The number of hydrogen-bond acceptors (Lipinski definition) is 8. The van der Waals surface area contributed by atoms with E-state index in [0.29, 0.717) is 26.5 Å². The molecule has 10 heteroatoms. The zero-order chi connectivity index (χ0) is 23.9. The van der Waals surface area contributed by atoms with Crippen molar-refractivity contribution in [2.24, 2.45) is 0 Å². The van der Waals surface area contributed by atoms with Crippen LogP contribution in [0.3, 0.4) is 0 Å².